The third-order valence-corrected chi connectivity index (χ3v) is 3.58. The lowest BCUT2D eigenvalue weighted by Crippen LogP contribution is -2.21. The summed E-state index contributed by atoms with van der Waals surface area (Å²) in [5.41, 5.74) is 11.3. The Labute approximate surface area is 107 Å². The van der Waals surface area contributed by atoms with Gasteiger partial charge in [0.25, 0.3) is 11.8 Å². The average molecular weight is 264 g/mol. The molecule has 2 amide bonds. The van der Waals surface area contributed by atoms with Crippen LogP contribution in [-0.4, -0.2) is 23.3 Å². The Morgan fingerprint density at radius 2 is 2.22 bits per heavy atom. The molecule has 0 saturated carbocycles. The Hall–Kier alpha value is -2.15. The SMILES string of the molecule is CCNC(=O)c1cc2c(N)ncc(C(N)=O)c2s1. The second-order valence-electron chi connectivity index (χ2n) is 3.63. The fourth-order valence-corrected chi connectivity index (χ4v) is 2.68. The van der Waals surface area contributed by atoms with Gasteiger partial charge in [0.1, 0.15) is 5.82 Å². The zero-order valence-corrected chi connectivity index (χ0v) is 10.5. The van der Waals surface area contributed by atoms with Crippen LogP contribution in [0.1, 0.15) is 27.0 Å². The largest absolute Gasteiger partial charge is 0.383 e. The van der Waals surface area contributed by atoms with Crippen LogP contribution in [0.15, 0.2) is 12.3 Å². The van der Waals surface area contributed by atoms with Gasteiger partial charge in [-0.3, -0.25) is 9.59 Å². The molecule has 0 saturated heterocycles. The molecule has 2 aromatic rings. The number of nitrogens with zero attached hydrogens (tertiary/aromatic N) is 1. The number of nitrogen functional groups attached to an aromatic ring is 1. The van der Waals surface area contributed by atoms with Crippen molar-refractivity contribution in [2.75, 3.05) is 12.3 Å². The standard InChI is InChI=1S/C11H12N4O2S/c1-2-14-11(17)7-3-5-8(18-7)6(10(13)16)4-15-9(5)12/h3-4H,2H2,1H3,(H2,12,15)(H2,13,16)(H,14,17). The van der Waals surface area contributed by atoms with Crippen molar-refractivity contribution in [1.29, 1.82) is 0 Å². The summed E-state index contributed by atoms with van der Waals surface area (Å²) in [6, 6.07) is 1.62. The monoisotopic (exact) mass is 264 g/mol. The number of thiophene rings is 1. The highest BCUT2D eigenvalue weighted by atomic mass is 32.1. The second kappa shape index (κ2) is 4.61. The van der Waals surface area contributed by atoms with Gasteiger partial charge in [-0.05, 0) is 13.0 Å². The van der Waals surface area contributed by atoms with E-state index in [9.17, 15) is 9.59 Å². The quantitative estimate of drug-likeness (QED) is 0.758. The van der Waals surface area contributed by atoms with Gasteiger partial charge in [0.2, 0.25) is 0 Å². The summed E-state index contributed by atoms with van der Waals surface area (Å²) < 4.78 is 0.594. The van der Waals surface area contributed by atoms with Gasteiger partial charge in [-0.1, -0.05) is 0 Å². The van der Waals surface area contributed by atoms with Crippen molar-refractivity contribution in [3.8, 4) is 0 Å². The van der Waals surface area contributed by atoms with E-state index in [0.717, 1.165) is 0 Å². The van der Waals surface area contributed by atoms with E-state index in [-0.39, 0.29) is 17.3 Å². The zero-order valence-electron chi connectivity index (χ0n) is 9.69. The number of nitrogens with one attached hydrogen (secondary N) is 1. The molecule has 6 nitrogen and oxygen atoms in total. The summed E-state index contributed by atoms with van der Waals surface area (Å²) in [5.74, 6) is -0.507. The first-order valence-electron chi connectivity index (χ1n) is 5.30. The van der Waals surface area contributed by atoms with Gasteiger partial charge in [-0.25, -0.2) is 4.98 Å². The molecule has 0 aliphatic heterocycles. The van der Waals surface area contributed by atoms with Crippen LogP contribution in [0.25, 0.3) is 10.1 Å². The molecule has 2 heterocycles. The molecule has 18 heavy (non-hydrogen) atoms. The number of amides is 2. The molecule has 0 radical (unpaired) electrons. The van der Waals surface area contributed by atoms with Gasteiger partial charge in [0.05, 0.1) is 15.1 Å². The number of hydrogen-bond acceptors (Lipinski definition) is 5. The Morgan fingerprint density at radius 3 is 2.83 bits per heavy atom. The number of nitrogens with two attached hydrogens (primary N) is 2. The van der Waals surface area contributed by atoms with Crippen LogP contribution in [0.5, 0.6) is 0 Å². The number of anilines is 1. The minimum absolute atomic E-state index is 0.200. The van der Waals surface area contributed by atoms with Gasteiger partial charge < -0.3 is 16.8 Å². The minimum Gasteiger partial charge on any atom is -0.383 e. The summed E-state index contributed by atoms with van der Waals surface area (Å²) in [6.07, 6.45) is 1.33. The summed E-state index contributed by atoms with van der Waals surface area (Å²) in [6.45, 7) is 2.36. The Kier molecular flexibility index (Phi) is 3.15. The number of primary amides is 1. The van der Waals surface area contributed by atoms with E-state index in [1.807, 2.05) is 6.92 Å². The molecule has 2 aromatic heterocycles. The molecule has 0 aliphatic rings. The van der Waals surface area contributed by atoms with Crippen LogP contribution in [0, 0.1) is 0 Å². The molecule has 0 spiro atoms. The number of hydrogen-bond donors (Lipinski definition) is 3. The molecule has 0 bridgehead atoms. The van der Waals surface area contributed by atoms with Gasteiger partial charge >= 0.3 is 0 Å². The molecule has 7 heteroatoms. The highest BCUT2D eigenvalue weighted by Gasteiger charge is 2.16. The normalized spacial score (nSPS) is 10.5. The van der Waals surface area contributed by atoms with Gasteiger partial charge in [-0.2, -0.15) is 0 Å². The number of carbonyl (C=O) groups is 2. The van der Waals surface area contributed by atoms with Crippen LogP contribution in [-0.2, 0) is 0 Å². The van der Waals surface area contributed by atoms with Crippen LogP contribution >= 0.6 is 11.3 Å². The number of pyridine rings is 1. The molecule has 0 aromatic carbocycles. The van der Waals surface area contributed by atoms with Gasteiger partial charge in [0, 0.05) is 18.1 Å². The molecule has 94 valence electrons. The lowest BCUT2D eigenvalue weighted by molar-refractivity contribution is 0.0958. The van der Waals surface area contributed by atoms with Crippen molar-refractivity contribution < 1.29 is 9.59 Å². The van der Waals surface area contributed by atoms with E-state index in [1.54, 1.807) is 6.07 Å². The van der Waals surface area contributed by atoms with E-state index >= 15 is 0 Å². The maximum Gasteiger partial charge on any atom is 0.261 e. The Bertz CT molecular complexity index is 635. The van der Waals surface area contributed by atoms with E-state index in [2.05, 4.69) is 10.3 Å². The highest BCUT2D eigenvalue weighted by molar-refractivity contribution is 7.21. The Morgan fingerprint density at radius 1 is 1.50 bits per heavy atom. The van der Waals surface area contributed by atoms with Crippen LogP contribution in [0.3, 0.4) is 0 Å². The zero-order chi connectivity index (χ0) is 13.3. The van der Waals surface area contributed by atoms with Crippen molar-refractivity contribution in [2.45, 2.75) is 6.92 Å². The fourth-order valence-electron chi connectivity index (χ4n) is 1.58. The Balaban J connectivity index is 2.62. The maximum absolute atomic E-state index is 11.7. The van der Waals surface area contributed by atoms with Crippen molar-refractivity contribution in [2.24, 2.45) is 5.73 Å². The minimum atomic E-state index is -0.586. The molecule has 0 aliphatic carbocycles. The van der Waals surface area contributed by atoms with Gasteiger partial charge in [0.15, 0.2) is 0 Å². The number of rotatable bonds is 3. The lowest BCUT2D eigenvalue weighted by Gasteiger charge is -1.99. The molecule has 0 atom stereocenters. The van der Waals surface area contributed by atoms with Crippen LogP contribution in [0.2, 0.25) is 0 Å². The predicted molar refractivity (Wildman–Crippen MR) is 70.6 cm³/mol. The van der Waals surface area contributed by atoms with E-state index in [1.165, 1.54) is 17.5 Å². The van der Waals surface area contributed by atoms with Gasteiger partial charge in [-0.15, -0.1) is 11.3 Å². The first kappa shape index (κ1) is 12.3. The summed E-state index contributed by atoms with van der Waals surface area (Å²) in [5, 5.41) is 3.27. The lowest BCUT2D eigenvalue weighted by atomic mass is 10.2. The third-order valence-electron chi connectivity index (χ3n) is 2.41. The molecule has 0 fully saturated rings. The first-order chi connectivity index (χ1) is 8.54. The van der Waals surface area contributed by atoms with Crippen LogP contribution < -0.4 is 16.8 Å². The highest BCUT2D eigenvalue weighted by Crippen LogP contribution is 2.31. The first-order valence-corrected chi connectivity index (χ1v) is 6.12. The van der Waals surface area contributed by atoms with E-state index in [4.69, 9.17) is 11.5 Å². The summed E-state index contributed by atoms with van der Waals surface area (Å²) >= 11 is 1.18. The maximum atomic E-state index is 11.7. The number of fused-ring (bicyclic) bond motifs is 1. The average Bonchev–Trinajstić information content (AvgIpc) is 2.75. The third kappa shape index (κ3) is 2.00. The molecular weight excluding hydrogens is 252 g/mol. The van der Waals surface area contributed by atoms with Crippen LogP contribution in [0.4, 0.5) is 5.82 Å². The summed E-state index contributed by atoms with van der Waals surface area (Å²) in [7, 11) is 0. The van der Waals surface area contributed by atoms with E-state index < -0.39 is 5.91 Å². The van der Waals surface area contributed by atoms with Crippen molar-refractivity contribution in [3.05, 3.63) is 22.7 Å². The van der Waals surface area contributed by atoms with Crippen molar-refractivity contribution >= 4 is 39.1 Å². The predicted octanol–water partition coefficient (Wildman–Crippen LogP) is 0.727. The van der Waals surface area contributed by atoms with E-state index in [0.29, 0.717) is 21.5 Å². The van der Waals surface area contributed by atoms with Crippen molar-refractivity contribution in [3.63, 3.8) is 0 Å². The topological polar surface area (TPSA) is 111 Å². The molecule has 2 rings (SSSR count). The number of carbonyl (C=O) groups excluding carboxylic acids is 2. The fraction of sp³-hybridized carbons (Fsp3) is 0.182. The molecule has 5 N–H and O–H groups in total. The number of aromatic nitrogens is 1. The summed E-state index contributed by atoms with van der Waals surface area (Å²) in [4.78, 5) is 27.4. The molecule has 0 unspecified atom stereocenters. The smallest absolute Gasteiger partial charge is 0.261 e. The second-order valence-corrected chi connectivity index (χ2v) is 4.69. The van der Waals surface area contributed by atoms with Crippen molar-refractivity contribution in [1.82, 2.24) is 10.3 Å². The molecular formula is C11H12N4O2S.